The normalized spacial score (nSPS) is 14.6. The maximum absolute atomic E-state index is 13.7. The molecule has 4 nitrogen and oxygen atoms in total. The van der Waals surface area contributed by atoms with E-state index in [1.807, 2.05) is 0 Å². The number of thiazole rings is 1. The fourth-order valence-corrected chi connectivity index (χ4v) is 2.89. The van der Waals surface area contributed by atoms with Gasteiger partial charge in [-0.25, -0.2) is 9.37 Å². The van der Waals surface area contributed by atoms with Crippen molar-refractivity contribution in [1.82, 2.24) is 4.98 Å². The molecule has 110 valence electrons. The lowest BCUT2D eigenvalue weighted by Crippen LogP contribution is -2.27. The van der Waals surface area contributed by atoms with Crippen LogP contribution in [0.1, 0.15) is 19.3 Å². The second-order valence-corrected chi connectivity index (χ2v) is 5.86. The Morgan fingerprint density at radius 2 is 2.29 bits per heavy atom. The molecular weight excluding hydrogens is 291 g/mol. The topological polar surface area (TPSA) is 51.2 Å². The smallest absolute Gasteiger partial charge is 0.229 e. The van der Waals surface area contributed by atoms with E-state index in [9.17, 15) is 9.18 Å². The van der Waals surface area contributed by atoms with Crippen molar-refractivity contribution in [3.05, 3.63) is 29.4 Å². The molecule has 1 amide bonds. The highest BCUT2D eigenvalue weighted by Gasteiger charge is 2.25. The number of hydrogen-bond acceptors (Lipinski definition) is 4. The number of halogens is 1. The van der Waals surface area contributed by atoms with Gasteiger partial charge in [0.2, 0.25) is 5.91 Å². The molecule has 1 N–H and O–H groups in total. The predicted octanol–water partition coefficient (Wildman–Crippen LogP) is 3.70. The van der Waals surface area contributed by atoms with Crippen LogP contribution in [0.5, 0.6) is 5.75 Å². The number of rotatable bonds is 4. The van der Waals surface area contributed by atoms with Crippen molar-refractivity contribution in [1.29, 1.82) is 0 Å². The first-order chi connectivity index (χ1) is 10.2. The number of nitrogens with one attached hydrogen (secondary N) is 1. The molecular formula is C15H15FN2O2S. The lowest BCUT2D eigenvalue weighted by Gasteiger charge is -2.23. The number of carbonyl (C=O) groups is 1. The van der Waals surface area contributed by atoms with Crippen LogP contribution in [-0.2, 0) is 4.79 Å². The van der Waals surface area contributed by atoms with E-state index in [4.69, 9.17) is 4.74 Å². The van der Waals surface area contributed by atoms with Crippen molar-refractivity contribution in [2.45, 2.75) is 19.3 Å². The van der Waals surface area contributed by atoms with Crippen molar-refractivity contribution in [2.24, 2.45) is 5.92 Å². The van der Waals surface area contributed by atoms with Crippen molar-refractivity contribution in [2.75, 3.05) is 12.4 Å². The van der Waals surface area contributed by atoms with Crippen molar-refractivity contribution in [3.8, 4) is 17.0 Å². The number of amides is 1. The summed E-state index contributed by atoms with van der Waals surface area (Å²) in [6.45, 7) is 0. The van der Waals surface area contributed by atoms with Crippen molar-refractivity contribution >= 4 is 22.4 Å². The molecule has 3 rings (SSSR count). The van der Waals surface area contributed by atoms with Crippen LogP contribution in [0, 0.1) is 11.7 Å². The van der Waals surface area contributed by atoms with Crippen LogP contribution in [0.15, 0.2) is 23.6 Å². The van der Waals surface area contributed by atoms with E-state index in [0.29, 0.717) is 16.4 Å². The average molecular weight is 306 g/mol. The molecule has 6 heteroatoms. The minimum atomic E-state index is -0.428. The molecule has 1 saturated carbocycles. The number of benzene rings is 1. The Labute approximate surface area is 126 Å². The highest BCUT2D eigenvalue weighted by atomic mass is 32.1. The summed E-state index contributed by atoms with van der Waals surface area (Å²) in [4.78, 5) is 16.2. The van der Waals surface area contributed by atoms with Gasteiger partial charge in [-0.05, 0) is 31.0 Å². The van der Waals surface area contributed by atoms with Gasteiger partial charge in [0.05, 0.1) is 12.8 Å². The number of ether oxygens (including phenoxy) is 1. The first kappa shape index (κ1) is 14.0. The zero-order valence-electron chi connectivity index (χ0n) is 11.6. The number of carbonyl (C=O) groups excluding carboxylic acids is 1. The average Bonchev–Trinajstić information content (AvgIpc) is 2.85. The molecule has 0 atom stereocenters. The standard InChI is InChI=1S/C15H15FN2O2S/c1-20-13-6-5-10(7-11(13)16)12-8-21-15(17-12)18-14(19)9-3-2-4-9/h5-9H,2-4H2,1H3,(H,17,18,19). The highest BCUT2D eigenvalue weighted by Crippen LogP contribution is 2.30. The monoisotopic (exact) mass is 306 g/mol. The van der Waals surface area contributed by atoms with E-state index >= 15 is 0 Å². The van der Waals surface area contributed by atoms with Gasteiger partial charge in [-0.15, -0.1) is 11.3 Å². The minimum absolute atomic E-state index is 0.0306. The third kappa shape index (κ3) is 2.90. The Kier molecular flexibility index (Phi) is 3.88. The SMILES string of the molecule is COc1ccc(-c2csc(NC(=O)C3CCC3)n2)cc1F. The minimum Gasteiger partial charge on any atom is -0.494 e. The zero-order valence-corrected chi connectivity index (χ0v) is 12.4. The summed E-state index contributed by atoms with van der Waals surface area (Å²) in [5, 5.41) is 5.18. The Hall–Kier alpha value is -1.95. The van der Waals surface area contributed by atoms with E-state index in [0.717, 1.165) is 19.3 Å². The fraction of sp³-hybridized carbons (Fsp3) is 0.333. The van der Waals surface area contributed by atoms with Crippen LogP contribution in [0.4, 0.5) is 9.52 Å². The van der Waals surface area contributed by atoms with Gasteiger partial charge in [-0.1, -0.05) is 6.42 Å². The molecule has 1 fully saturated rings. The van der Waals surface area contributed by atoms with Gasteiger partial charge in [-0.3, -0.25) is 4.79 Å². The van der Waals surface area contributed by atoms with Crippen molar-refractivity contribution < 1.29 is 13.9 Å². The van der Waals surface area contributed by atoms with Crippen molar-refractivity contribution in [3.63, 3.8) is 0 Å². The van der Waals surface area contributed by atoms with Gasteiger partial charge in [0.15, 0.2) is 16.7 Å². The molecule has 0 spiro atoms. The summed E-state index contributed by atoms with van der Waals surface area (Å²) >= 11 is 1.34. The first-order valence-electron chi connectivity index (χ1n) is 6.77. The maximum Gasteiger partial charge on any atom is 0.229 e. The molecule has 1 aromatic carbocycles. The van der Waals surface area contributed by atoms with Gasteiger partial charge in [0.1, 0.15) is 0 Å². The maximum atomic E-state index is 13.7. The molecule has 1 heterocycles. The number of hydrogen-bond donors (Lipinski definition) is 1. The number of methoxy groups -OCH3 is 1. The van der Waals surface area contributed by atoms with E-state index in [1.165, 1.54) is 24.5 Å². The third-order valence-electron chi connectivity index (χ3n) is 3.66. The molecule has 0 radical (unpaired) electrons. The number of anilines is 1. The van der Waals surface area contributed by atoms with E-state index in [-0.39, 0.29) is 17.6 Å². The third-order valence-corrected chi connectivity index (χ3v) is 4.42. The Morgan fingerprint density at radius 3 is 2.90 bits per heavy atom. The summed E-state index contributed by atoms with van der Waals surface area (Å²) in [6, 6.07) is 4.69. The molecule has 2 aromatic rings. The van der Waals surface area contributed by atoms with Crippen LogP contribution >= 0.6 is 11.3 Å². The van der Waals surface area contributed by atoms with Crippen LogP contribution in [0.2, 0.25) is 0 Å². The van der Waals surface area contributed by atoms with Gasteiger partial charge in [-0.2, -0.15) is 0 Å². The predicted molar refractivity (Wildman–Crippen MR) is 80.0 cm³/mol. The van der Waals surface area contributed by atoms with Crippen LogP contribution < -0.4 is 10.1 Å². The Balaban J connectivity index is 1.74. The first-order valence-corrected chi connectivity index (χ1v) is 7.65. The van der Waals surface area contributed by atoms with E-state index in [2.05, 4.69) is 10.3 Å². The Morgan fingerprint density at radius 1 is 1.48 bits per heavy atom. The van der Waals surface area contributed by atoms with Gasteiger partial charge in [0.25, 0.3) is 0 Å². The summed E-state index contributed by atoms with van der Waals surface area (Å²) in [5.41, 5.74) is 1.30. The molecule has 1 aromatic heterocycles. The molecule has 0 unspecified atom stereocenters. The zero-order chi connectivity index (χ0) is 14.8. The van der Waals surface area contributed by atoms with E-state index < -0.39 is 5.82 Å². The molecule has 0 aliphatic heterocycles. The molecule has 0 bridgehead atoms. The Bertz CT molecular complexity index is 667. The second-order valence-electron chi connectivity index (χ2n) is 5.00. The summed E-state index contributed by atoms with van der Waals surface area (Å²) in [6.07, 6.45) is 3.02. The van der Waals surface area contributed by atoms with Crippen LogP contribution in [0.3, 0.4) is 0 Å². The van der Waals surface area contributed by atoms with Crippen LogP contribution in [0.25, 0.3) is 11.3 Å². The highest BCUT2D eigenvalue weighted by molar-refractivity contribution is 7.14. The lowest BCUT2D eigenvalue weighted by molar-refractivity contribution is -0.122. The quantitative estimate of drug-likeness (QED) is 0.937. The van der Waals surface area contributed by atoms with Gasteiger partial charge < -0.3 is 10.1 Å². The molecule has 1 aliphatic carbocycles. The van der Waals surface area contributed by atoms with Gasteiger partial charge in [0, 0.05) is 16.9 Å². The number of nitrogens with zero attached hydrogens (tertiary/aromatic N) is 1. The molecule has 21 heavy (non-hydrogen) atoms. The summed E-state index contributed by atoms with van der Waals surface area (Å²) in [7, 11) is 1.43. The fourth-order valence-electron chi connectivity index (χ4n) is 2.17. The second kappa shape index (κ2) is 5.81. The lowest BCUT2D eigenvalue weighted by atomic mass is 9.85. The molecule has 1 aliphatic rings. The summed E-state index contributed by atoms with van der Waals surface area (Å²) in [5.74, 6) is -0.0746. The van der Waals surface area contributed by atoms with E-state index in [1.54, 1.807) is 17.5 Å². The summed E-state index contributed by atoms with van der Waals surface area (Å²) < 4.78 is 18.6. The largest absolute Gasteiger partial charge is 0.494 e. The van der Waals surface area contributed by atoms with Gasteiger partial charge >= 0.3 is 0 Å². The van der Waals surface area contributed by atoms with Crippen LogP contribution in [-0.4, -0.2) is 18.0 Å². The molecule has 0 saturated heterocycles. The number of aromatic nitrogens is 1.